The van der Waals surface area contributed by atoms with E-state index in [1.165, 1.54) is 17.7 Å². The molecule has 0 bridgehead atoms. The fourth-order valence-electron chi connectivity index (χ4n) is 1.97. The first-order valence-electron chi connectivity index (χ1n) is 5.86. The molecule has 0 aliphatic heterocycles. The molecule has 1 atom stereocenters. The van der Waals surface area contributed by atoms with Gasteiger partial charge in [-0.05, 0) is 48.9 Å². The molecule has 0 aliphatic rings. The van der Waals surface area contributed by atoms with Gasteiger partial charge in [0.1, 0.15) is 5.82 Å². The molecule has 2 aromatic carbocycles. The predicted molar refractivity (Wildman–Crippen MR) is 76.0 cm³/mol. The standard InChI is InChI=1S/C15H15BrFN/c1-18-15(12-3-2-4-13(16)10-12)9-11-5-7-14(17)8-6-11/h2-8,10,15,18H,9H2,1H3. The van der Waals surface area contributed by atoms with Crippen LogP contribution >= 0.6 is 15.9 Å². The molecule has 1 N–H and O–H groups in total. The lowest BCUT2D eigenvalue weighted by molar-refractivity contribution is 0.588. The van der Waals surface area contributed by atoms with E-state index in [1.807, 2.05) is 31.3 Å². The Kier molecular flexibility index (Phi) is 4.50. The third kappa shape index (κ3) is 3.40. The van der Waals surface area contributed by atoms with Gasteiger partial charge >= 0.3 is 0 Å². The van der Waals surface area contributed by atoms with E-state index in [4.69, 9.17) is 0 Å². The van der Waals surface area contributed by atoms with Gasteiger partial charge < -0.3 is 5.32 Å². The van der Waals surface area contributed by atoms with Crippen LogP contribution in [0.3, 0.4) is 0 Å². The third-order valence-corrected chi connectivity index (χ3v) is 3.45. The largest absolute Gasteiger partial charge is 0.313 e. The van der Waals surface area contributed by atoms with Crippen LogP contribution in [0.4, 0.5) is 4.39 Å². The highest BCUT2D eigenvalue weighted by Gasteiger charge is 2.10. The molecular weight excluding hydrogens is 293 g/mol. The maximum Gasteiger partial charge on any atom is 0.123 e. The highest BCUT2D eigenvalue weighted by molar-refractivity contribution is 9.10. The summed E-state index contributed by atoms with van der Waals surface area (Å²) < 4.78 is 13.9. The summed E-state index contributed by atoms with van der Waals surface area (Å²) in [4.78, 5) is 0. The fraction of sp³-hybridized carbons (Fsp3) is 0.200. The molecule has 2 rings (SSSR count). The lowest BCUT2D eigenvalue weighted by atomic mass is 9.99. The third-order valence-electron chi connectivity index (χ3n) is 2.95. The SMILES string of the molecule is CNC(Cc1ccc(F)cc1)c1cccc(Br)c1. The Bertz CT molecular complexity index is 510. The van der Waals surface area contributed by atoms with Crippen LogP contribution < -0.4 is 5.32 Å². The van der Waals surface area contributed by atoms with Crippen LogP contribution in [0.25, 0.3) is 0 Å². The molecule has 1 nitrogen and oxygen atoms in total. The van der Waals surface area contributed by atoms with Gasteiger partial charge in [0.2, 0.25) is 0 Å². The monoisotopic (exact) mass is 307 g/mol. The van der Waals surface area contributed by atoms with Crippen LogP contribution in [-0.2, 0) is 6.42 Å². The number of nitrogens with one attached hydrogen (secondary N) is 1. The minimum atomic E-state index is -0.192. The van der Waals surface area contributed by atoms with Crippen molar-refractivity contribution in [1.82, 2.24) is 5.32 Å². The zero-order valence-electron chi connectivity index (χ0n) is 10.2. The minimum Gasteiger partial charge on any atom is -0.313 e. The molecule has 1 unspecified atom stereocenters. The Balaban J connectivity index is 2.17. The summed E-state index contributed by atoms with van der Waals surface area (Å²) in [6.45, 7) is 0. The van der Waals surface area contributed by atoms with Crippen LogP contribution in [-0.4, -0.2) is 7.05 Å². The zero-order valence-corrected chi connectivity index (χ0v) is 11.7. The van der Waals surface area contributed by atoms with Crippen molar-refractivity contribution in [1.29, 1.82) is 0 Å². The normalized spacial score (nSPS) is 12.4. The van der Waals surface area contributed by atoms with Gasteiger partial charge in [0.05, 0.1) is 0 Å². The lowest BCUT2D eigenvalue weighted by Gasteiger charge is -2.17. The van der Waals surface area contributed by atoms with Crippen molar-refractivity contribution in [2.45, 2.75) is 12.5 Å². The summed E-state index contributed by atoms with van der Waals surface area (Å²) in [5, 5.41) is 3.29. The lowest BCUT2D eigenvalue weighted by Crippen LogP contribution is -2.18. The maximum atomic E-state index is 12.9. The van der Waals surface area contributed by atoms with Gasteiger partial charge in [-0.3, -0.25) is 0 Å². The number of hydrogen-bond donors (Lipinski definition) is 1. The number of likely N-dealkylation sites (N-methyl/N-ethyl adjacent to an activating group) is 1. The van der Waals surface area contributed by atoms with Crippen molar-refractivity contribution in [2.24, 2.45) is 0 Å². The summed E-state index contributed by atoms with van der Waals surface area (Å²) in [7, 11) is 1.94. The average molecular weight is 308 g/mol. The van der Waals surface area contributed by atoms with Crippen LogP contribution in [0.2, 0.25) is 0 Å². The Labute approximate surface area is 115 Å². The first-order valence-corrected chi connectivity index (χ1v) is 6.65. The van der Waals surface area contributed by atoms with Crippen LogP contribution in [0, 0.1) is 5.82 Å². The number of halogens is 2. The molecule has 94 valence electrons. The molecule has 0 aromatic heterocycles. The predicted octanol–water partition coefficient (Wildman–Crippen LogP) is 4.09. The Morgan fingerprint density at radius 2 is 1.89 bits per heavy atom. The van der Waals surface area contributed by atoms with Crippen LogP contribution in [0.1, 0.15) is 17.2 Å². The molecule has 0 saturated carbocycles. The molecule has 0 radical (unpaired) electrons. The quantitative estimate of drug-likeness (QED) is 0.897. The van der Waals surface area contributed by atoms with Gasteiger partial charge in [-0.15, -0.1) is 0 Å². The summed E-state index contributed by atoms with van der Waals surface area (Å²) >= 11 is 3.48. The fourth-order valence-corrected chi connectivity index (χ4v) is 2.38. The van der Waals surface area contributed by atoms with E-state index < -0.39 is 0 Å². The minimum absolute atomic E-state index is 0.192. The Hall–Kier alpha value is -1.19. The summed E-state index contributed by atoms with van der Waals surface area (Å²) in [6, 6.07) is 15.1. The highest BCUT2D eigenvalue weighted by Crippen LogP contribution is 2.21. The summed E-state index contributed by atoms with van der Waals surface area (Å²) in [5.41, 5.74) is 2.34. The van der Waals surface area contributed by atoms with E-state index in [2.05, 4.69) is 33.4 Å². The first-order chi connectivity index (χ1) is 8.69. The molecule has 2 aromatic rings. The van der Waals surface area contributed by atoms with Crippen molar-refractivity contribution in [3.63, 3.8) is 0 Å². The Morgan fingerprint density at radius 3 is 2.50 bits per heavy atom. The van der Waals surface area contributed by atoms with Gasteiger partial charge in [-0.25, -0.2) is 4.39 Å². The van der Waals surface area contributed by atoms with Gasteiger partial charge in [0.25, 0.3) is 0 Å². The van der Waals surface area contributed by atoms with Crippen molar-refractivity contribution < 1.29 is 4.39 Å². The van der Waals surface area contributed by atoms with Crippen molar-refractivity contribution in [3.8, 4) is 0 Å². The molecule has 3 heteroatoms. The summed E-state index contributed by atoms with van der Waals surface area (Å²) in [6.07, 6.45) is 0.841. The second-order valence-corrected chi connectivity index (χ2v) is 5.14. The smallest absolute Gasteiger partial charge is 0.123 e. The van der Waals surface area contributed by atoms with E-state index in [1.54, 1.807) is 0 Å². The van der Waals surface area contributed by atoms with Crippen molar-refractivity contribution in [2.75, 3.05) is 7.05 Å². The molecule has 0 spiro atoms. The second kappa shape index (κ2) is 6.12. The van der Waals surface area contributed by atoms with Gasteiger partial charge in [-0.2, -0.15) is 0 Å². The van der Waals surface area contributed by atoms with E-state index in [0.29, 0.717) is 0 Å². The van der Waals surface area contributed by atoms with E-state index in [-0.39, 0.29) is 11.9 Å². The van der Waals surface area contributed by atoms with E-state index >= 15 is 0 Å². The molecular formula is C15H15BrFN. The molecule has 18 heavy (non-hydrogen) atoms. The first kappa shape index (κ1) is 13.2. The summed E-state index contributed by atoms with van der Waals surface area (Å²) in [5.74, 6) is -0.192. The molecule has 0 amide bonds. The number of benzene rings is 2. The van der Waals surface area contributed by atoms with Crippen LogP contribution in [0.15, 0.2) is 53.0 Å². The number of rotatable bonds is 4. The van der Waals surface area contributed by atoms with E-state index in [0.717, 1.165) is 16.5 Å². The second-order valence-electron chi connectivity index (χ2n) is 4.23. The topological polar surface area (TPSA) is 12.0 Å². The Morgan fingerprint density at radius 1 is 1.17 bits per heavy atom. The van der Waals surface area contributed by atoms with Crippen molar-refractivity contribution >= 4 is 15.9 Å². The molecule has 0 aliphatic carbocycles. The average Bonchev–Trinajstić information content (AvgIpc) is 2.38. The van der Waals surface area contributed by atoms with Crippen LogP contribution in [0.5, 0.6) is 0 Å². The van der Waals surface area contributed by atoms with Gasteiger partial charge in [0, 0.05) is 10.5 Å². The van der Waals surface area contributed by atoms with Gasteiger partial charge in [0.15, 0.2) is 0 Å². The highest BCUT2D eigenvalue weighted by atomic mass is 79.9. The molecule has 0 fully saturated rings. The van der Waals surface area contributed by atoms with Gasteiger partial charge in [-0.1, -0.05) is 40.2 Å². The van der Waals surface area contributed by atoms with Crippen molar-refractivity contribution in [3.05, 3.63) is 69.9 Å². The maximum absolute atomic E-state index is 12.9. The number of hydrogen-bond acceptors (Lipinski definition) is 1. The van der Waals surface area contributed by atoms with E-state index in [9.17, 15) is 4.39 Å². The zero-order chi connectivity index (χ0) is 13.0. The molecule has 0 saturated heterocycles. The molecule has 0 heterocycles.